The minimum absolute atomic E-state index is 0.0447. The molecule has 0 bridgehead atoms. The molecule has 0 aliphatic carbocycles. The van der Waals surface area contributed by atoms with Crippen molar-refractivity contribution in [1.29, 1.82) is 0 Å². The molecule has 0 fully saturated rings. The minimum Gasteiger partial charge on any atom is -0.445 e. The highest BCUT2D eigenvalue weighted by atomic mass is 19.1. The van der Waals surface area contributed by atoms with Gasteiger partial charge in [0.15, 0.2) is 6.23 Å². The molecular formula is C57H52FN5O5. The Labute approximate surface area is 396 Å². The number of alkyl carbamates (subject to hydrolysis) is 1. The summed E-state index contributed by atoms with van der Waals surface area (Å²) in [5.41, 5.74) is 5.17. The molecule has 10 nitrogen and oxygen atoms in total. The number of benzene rings is 7. The zero-order valence-electron chi connectivity index (χ0n) is 37.4. The van der Waals surface area contributed by atoms with E-state index in [4.69, 9.17) is 14.5 Å². The Balaban J connectivity index is 1.17. The maximum Gasteiger partial charge on any atom is 0.408 e. The zero-order valence-corrected chi connectivity index (χ0v) is 37.4. The Hall–Kier alpha value is -8.15. The van der Waals surface area contributed by atoms with Gasteiger partial charge in [-0.3, -0.25) is 9.59 Å². The molecule has 0 saturated carbocycles. The number of halogens is 1. The van der Waals surface area contributed by atoms with Crippen molar-refractivity contribution < 1.29 is 28.2 Å². The van der Waals surface area contributed by atoms with Crippen molar-refractivity contribution in [2.45, 2.75) is 43.9 Å². The Morgan fingerprint density at radius 3 is 1.69 bits per heavy atom. The predicted molar refractivity (Wildman–Crippen MR) is 259 cm³/mol. The van der Waals surface area contributed by atoms with Crippen LogP contribution in [0.15, 0.2) is 219 Å². The lowest BCUT2D eigenvalue weighted by molar-refractivity contribution is -0.155. The lowest BCUT2D eigenvalue weighted by Gasteiger charge is -2.37. The highest BCUT2D eigenvalue weighted by Crippen LogP contribution is 2.41. The fourth-order valence-corrected chi connectivity index (χ4v) is 8.41. The highest BCUT2D eigenvalue weighted by molar-refractivity contribution is 5.90. The van der Waals surface area contributed by atoms with Crippen LogP contribution in [0, 0.1) is 5.82 Å². The molecule has 8 aromatic rings. The molecule has 0 aliphatic heterocycles. The summed E-state index contributed by atoms with van der Waals surface area (Å²) in [7, 11) is 0. The summed E-state index contributed by atoms with van der Waals surface area (Å²) in [5.74, 6) is -1.50. The number of rotatable bonds is 20. The number of hydrogen-bond acceptors (Lipinski definition) is 6. The van der Waals surface area contributed by atoms with E-state index in [0.717, 1.165) is 27.8 Å². The van der Waals surface area contributed by atoms with Gasteiger partial charge in [0.1, 0.15) is 30.5 Å². The first-order valence-electron chi connectivity index (χ1n) is 22.6. The third-order valence-corrected chi connectivity index (χ3v) is 11.7. The van der Waals surface area contributed by atoms with E-state index in [9.17, 15) is 14.0 Å². The van der Waals surface area contributed by atoms with Crippen molar-refractivity contribution >= 4 is 17.9 Å². The van der Waals surface area contributed by atoms with E-state index in [1.54, 1.807) is 24.5 Å². The molecule has 1 heterocycles. The van der Waals surface area contributed by atoms with Crippen molar-refractivity contribution in [2.24, 2.45) is 0 Å². The molecule has 7 aromatic carbocycles. The second-order valence-electron chi connectivity index (χ2n) is 16.3. The van der Waals surface area contributed by atoms with Crippen molar-refractivity contribution in [1.82, 2.24) is 25.1 Å². The molecule has 0 aliphatic rings. The Bertz CT molecular complexity index is 2740. The smallest absolute Gasteiger partial charge is 0.408 e. The number of nitrogens with zero attached hydrogens (tertiary/aromatic N) is 3. The average molecular weight is 906 g/mol. The van der Waals surface area contributed by atoms with E-state index in [1.165, 1.54) is 11.0 Å². The maximum absolute atomic E-state index is 15.5. The first-order valence-corrected chi connectivity index (χ1v) is 22.6. The van der Waals surface area contributed by atoms with Gasteiger partial charge < -0.3 is 29.6 Å². The van der Waals surface area contributed by atoms with Gasteiger partial charge in [-0.2, -0.15) is 0 Å². The van der Waals surface area contributed by atoms with E-state index < -0.39 is 42.3 Å². The van der Waals surface area contributed by atoms with Gasteiger partial charge in [-0.25, -0.2) is 14.2 Å². The Kier molecular flexibility index (Phi) is 15.6. The molecule has 1 aromatic heterocycles. The SMILES string of the molecule is O=C(CN(C(=O)C(Cc1cn(C(c2ccccc2)(c2ccccc2)c2ccccc2)cn1)NC(=O)OCc1ccccc1)C(OCc1ccccc1)c1ccccc1)NCCc1ccccc1F. The fraction of sp³-hybridized carbons (Fsp3) is 0.158. The molecule has 11 heteroatoms. The van der Waals surface area contributed by atoms with Crippen molar-refractivity contribution in [3.05, 3.63) is 269 Å². The van der Waals surface area contributed by atoms with Crippen LogP contribution >= 0.6 is 0 Å². The van der Waals surface area contributed by atoms with E-state index >= 15 is 4.79 Å². The van der Waals surface area contributed by atoms with Crippen LogP contribution in [0.4, 0.5) is 9.18 Å². The predicted octanol–water partition coefficient (Wildman–Crippen LogP) is 9.80. The van der Waals surface area contributed by atoms with Gasteiger partial charge in [-0.15, -0.1) is 0 Å². The molecule has 0 radical (unpaired) electrons. The maximum atomic E-state index is 15.5. The molecule has 3 amide bonds. The largest absolute Gasteiger partial charge is 0.445 e. The second kappa shape index (κ2) is 22.8. The summed E-state index contributed by atoms with van der Waals surface area (Å²) in [5, 5.41) is 5.73. The quantitative estimate of drug-likeness (QED) is 0.0582. The molecule has 8 rings (SSSR count). The summed E-state index contributed by atoms with van der Waals surface area (Å²) < 4.78 is 28.9. The van der Waals surface area contributed by atoms with Crippen LogP contribution < -0.4 is 10.6 Å². The van der Waals surface area contributed by atoms with Crippen LogP contribution in [0.5, 0.6) is 0 Å². The van der Waals surface area contributed by atoms with E-state index in [1.807, 2.05) is 156 Å². The van der Waals surface area contributed by atoms with Crippen molar-refractivity contribution in [3.63, 3.8) is 0 Å². The number of carbonyl (C=O) groups excluding carboxylic acids is 3. The number of nitrogens with one attached hydrogen (secondary N) is 2. The molecule has 0 saturated heterocycles. The Morgan fingerprint density at radius 2 is 1.13 bits per heavy atom. The first-order chi connectivity index (χ1) is 33.4. The van der Waals surface area contributed by atoms with E-state index in [-0.39, 0.29) is 38.4 Å². The van der Waals surface area contributed by atoms with Gasteiger partial charge in [0.05, 0.1) is 18.6 Å². The first kappa shape index (κ1) is 46.4. The zero-order chi connectivity index (χ0) is 47.0. The van der Waals surface area contributed by atoms with Gasteiger partial charge in [-0.1, -0.05) is 200 Å². The number of carbonyl (C=O) groups is 3. The van der Waals surface area contributed by atoms with Crippen LogP contribution in [-0.4, -0.2) is 51.5 Å². The number of imidazole rings is 1. The monoisotopic (exact) mass is 905 g/mol. The third-order valence-electron chi connectivity index (χ3n) is 11.7. The molecule has 0 spiro atoms. The third kappa shape index (κ3) is 11.4. The van der Waals surface area contributed by atoms with Gasteiger partial charge in [0.2, 0.25) is 11.8 Å². The Morgan fingerprint density at radius 1 is 0.632 bits per heavy atom. The fourth-order valence-electron chi connectivity index (χ4n) is 8.41. The summed E-state index contributed by atoms with van der Waals surface area (Å²) in [6.07, 6.45) is 1.85. The summed E-state index contributed by atoms with van der Waals surface area (Å²) in [4.78, 5) is 49.7. The molecule has 342 valence electrons. The van der Waals surface area contributed by atoms with Gasteiger partial charge >= 0.3 is 6.09 Å². The standard InChI is InChI=1S/C57H52FN5O5/c58-51-34-20-19-25-45(51)35-36-59-53(64)39-63(55(46-26-11-3-12-27-46)67-40-43-21-7-1-8-22-43)54(65)52(61-56(66)68-41-44-23-9-2-10-24-44)37-50-38-62(42-60-50)57(47-28-13-4-14-29-47,48-30-15-5-16-31-48)49-32-17-6-18-33-49/h1-34,38,42,52,55H,35-37,39-41H2,(H,59,64)(H,61,66). The number of hydrogen-bond donors (Lipinski definition) is 2. The van der Waals surface area contributed by atoms with Crippen LogP contribution in [0.25, 0.3) is 0 Å². The number of aromatic nitrogens is 2. The molecule has 2 atom stereocenters. The molecule has 2 N–H and O–H groups in total. The summed E-state index contributed by atoms with van der Waals surface area (Å²) in [6, 6.07) is 63.4. The lowest BCUT2D eigenvalue weighted by atomic mass is 9.77. The summed E-state index contributed by atoms with van der Waals surface area (Å²) >= 11 is 0. The van der Waals surface area contributed by atoms with Crippen LogP contribution in [0.2, 0.25) is 0 Å². The lowest BCUT2D eigenvalue weighted by Crippen LogP contribution is -2.53. The van der Waals surface area contributed by atoms with E-state index in [2.05, 4.69) is 47.0 Å². The normalized spacial score (nSPS) is 12.1. The average Bonchev–Trinajstić information content (AvgIpc) is 3.86. The van der Waals surface area contributed by atoms with Gasteiger partial charge in [0, 0.05) is 24.7 Å². The second-order valence-corrected chi connectivity index (χ2v) is 16.3. The van der Waals surface area contributed by atoms with Gasteiger partial charge in [-0.05, 0) is 45.9 Å². The van der Waals surface area contributed by atoms with Crippen molar-refractivity contribution in [2.75, 3.05) is 13.1 Å². The van der Waals surface area contributed by atoms with E-state index in [0.29, 0.717) is 16.8 Å². The molecule has 2 unspecified atom stereocenters. The number of amides is 3. The minimum atomic E-state index is -1.31. The van der Waals surface area contributed by atoms with Gasteiger partial charge in [0.25, 0.3) is 0 Å². The van der Waals surface area contributed by atoms with Crippen molar-refractivity contribution in [3.8, 4) is 0 Å². The number of ether oxygens (including phenoxy) is 2. The van der Waals surface area contributed by atoms with Crippen LogP contribution in [0.1, 0.15) is 50.9 Å². The topological polar surface area (TPSA) is 115 Å². The summed E-state index contributed by atoms with van der Waals surface area (Å²) in [6.45, 7) is -0.299. The highest BCUT2D eigenvalue weighted by Gasteiger charge is 2.39. The molecule has 68 heavy (non-hydrogen) atoms. The van der Waals surface area contributed by atoms with Crippen LogP contribution in [-0.2, 0) is 50.7 Å². The molecular weight excluding hydrogens is 854 g/mol. The van der Waals surface area contributed by atoms with Crippen LogP contribution in [0.3, 0.4) is 0 Å².